The summed E-state index contributed by atoms with van der Waals surface area (Å²) in [6.07, 6.45) is 3.75. The Kier molecular flexibility index (Phi) is 6.30. The van der Waals surface area contributed by atoms with E-state index >= 15 is 0 Å². The summed E-state index contributed by atoms with van der Waals surface area (Å²) in [7, 11) is -1.53. The maximum Gasteiger partial charge on any atom is 0.230 e. The van der Waals surface area contributed by atoms with Crippen molar-refractivity contribution in [3.8, 4) is 11.4 Å². The molecule has 1 aromatic heterocycles. The van der Waals surface area contributed by atoms with E-state index in [4.69, 9.17) is 4.74 Å². The number of sulfone groups is 1. The number of rotatable bonds is 7. The monoisotopic (exact) mass is 451 g/mol. The molecule has 2 aliphatic heterocycles. The number of amides is 1. The van der Waals surface area contributed by atoms with E-state index in [9.17, 15) is 13.2 Å². The van der Waals surface area contributed by atoms with E-state index in [-0.39, 0.29) is 35.2 Å². The summed E-state index contributed by atoms with van der Waals surface area (Å²) in [6, 6.07) is 6.97. The first-order valence-electron chi connectivity index (χ1n) is 9.86. The quantitative estimate of drug-likeness (QED) is 0.615. The highest BCUT2D eigenvalue weighted by Gasteiger charge is 2.42. The van der Waals surface area contributed by atoms with Gasteiger partial charge >= 0.3 is 0 Å². The van der Waals surface area contributed by atoms with Gasteiger partial charge in [-0.15, -0.1) is 10.2 Å². The van der Waals surface area contributed by atoms with Crippen LogP contribution in [0.1, 0.15) is 12.8 Å². The van der Waals surface area contributed by atoms with E-state index in [0.717, 1.165) is 37.4 Å². The zero-order valence-corrected chi connectivity index (χ0v) is 18.4. The number of hydrogen-bond acceptors (Lipinski definition) is 8. The van der Waals surface area contributed by atoms with Crippen molar-refractivity contribution in [1.29, 1.82) is 0 Å². The van der Waals surface area contributed by atoms with Crippen LogP contribution in [0, 0.1) is 0 Å². The smallest absolute Gasteiger partial charge is 0.230 e. The molecule has 3 heterocycles. The Hall–Kier alpha value is -2.11. The molecule has 2 atom stereocenters. The molecule has 11 heteroatoms. The molecule has 0 spiro atoms. The summed E-state index contributed by atoms with van der Waals surface area (Å²) in [5, 5.41) is 11.6. The molecule has 0 radical (unpaired) electrons. The topological polar surface area (TPSA) is 106 Å². The van der Waals surface area contributed by atoms with Crippen molar-refractivity contribution in [2.75, 3.05) is 37.5 Å². The van der Waals surface area contributed by atoms with Gasteiger partial charge in [-0.2, -0.15) is 0 Å². The highest BCUT2D eigenvalue weighted by Crippen LogP contribution is 2.24. The normalized spacial score (nSPS) is 23.5. The van der Waals surface area contributed by atoms with Gasteiger partial charge in [0.2, 0.25) is 5.91 Å². The number of methoxy groups -OCH3 is 1. The minimum atomic E-state index is -3.13. The van der Waals surface area contributed by atoms with Crippen molar-refractivity contribution in [3.63, 3.8) is 0 Å². The van der Waals surface area contributed by atoms with Gasteiger partial charge in [0, 0.05) is 11.7 Å². The number of thioether (sulfide) groups is 1. The van der Waals surface area contributed by atoms with Gasteiger partial charge in [-0.1, -0.05) is 11.8 Å². The summed E-state index contributed by atoms with van der Waals surface area (Å²) in [6.45, 7) is 1.79. The van der Waals surface area contributed by atoms with Gasteiger partial charge in [0.05, 0.1) is 30.4 Å². The molecule has 1 amide bonds. The first-order valence-corrected chi connectivity index (χ1v) is 12.7. The van der Waals surface area contributed by atoms with E-state index in [2.05, 4.69) is 20.4 Å². The fourth-order valence-electron chi connectivity index (χ4n) is 4.02. The molecule has 162 valence electrons. The second-order valence-corrected chi connectivity index (χ2v) is 10.6. The molecule has 30 heavy (non-hydrogen) atoms. The summed E-state index contributed by atoms with van der Waals surface area (Å²) in [5.74, 6) is 0.816. The van der Waals surface area contributed by atoms with Gasteiger partial charge in [0.1, 0.15) is 12.1 Å². The van der Waals surface area contributed by atoms with E-state index in [1.54, 1.807) is 18.0 Å². The van der Waals surface area contributed by atoms with E-state index in [0.29, 0.717) is 5.16 Å². The minimum absolute atomic E-state index is 0.00655. The molecular formula is C19H25N5O4S2. The highest BCUT2D eigenvalue weighted by atomic mass is 32.2. The maximum atomic E-state index is 12.6. The van der Waals surface area contributed by atoms with Crippen LogP contribution in [0.25, 0.3) is 5.69 Å². The fourth-order valence-corrected chi connectivity index (χ4v) is 6.71. The van der Waals surface area contributed by atoms with Crippen LogP contribution in [-0.2, 0) is 14.6 Å². The first kappa shape index (κ1) is 21.1. The number of aromatic nitrogens is 3. The maximum absolute atomic E-state index is 12.6. The van der Waals surface area contributed by atoms with Crippen molar-refractivity contribution in [1.82, 2.24) is 25.0 Å². The van der Waals surface area contributed by atoms with Crippen molar-refractivity contribution in [2.45, 2.75) is 30.1 Å². The third-order valence-corrected chi connectivity index (χ3v) is 8.14. The molecule has 2 unspecified atom stereocenters. The first-order chi connectivity index (χ1) is 14.4. The number of carbonyl (C=O) groups is 1. The molecule has 9 nitrogen and oxygen atoms in total. The predicted molar refractivity (Wildman–Crippen MR) is 114 cm³/mol. The van der Waals surface area contributed by atoms with Crippen LogP contribution in [0.4, 0.5) is 0 Å². The van der Waals surface area contributed by atoms with E-state index in [1.807, 2.05) is 24.3 Å². The third-order valence-electron chi connectivity index (χ3n) is 5.48. The largest absolute Gasteiger partial charge is 0.497 e. The Morgan fingerprint density at radius 3 is 2.67 bits per heavy atom. The lowest BCUT2D eigenvalue weighted by molar-refractivity contribution is -0.119. The van der Waals surface area contributed by atoms with Crippen LogP contribution < -0.4 is 10.1 Å². The Morgan fingerprint density at radius 2 is 1.97 bits per heavy atom. The summed E-state index contributed by atoms with van der Waals surface area (Å²) >= 11 is 1.27. The Morgan fingerprint density at radius 1 is 1.23 bits per heavy atom. The van der Waals surface area contributed by atoms with Crippen LogP contribution in [0.15, 0.2) is 35.7 Å². The number of nitrogens with zero attached hydrogens (tertiary/aromatic N) is 4. The number of ether oxygens (including phenoxy) is 1. The fraction of sp³-hybridized carbons (Fsp3) is 0.526. The number of hydrogen-bond donors (Lipinski definition) is 1. The van der Waals surface area contributed by atoms with Crippen molar-refractivity contribution < 1.29 is 17.9 Å². The minimum Gasteiger partial charge on any atom is -0.497 e. The summed E-state index contributed by atoms with van der Waals surface area (Å²) in [4.78, 5) is 14.8. The van der Waals surface area contributed by atoms with Crippen LogP contribution in [0.5, 0.6) is 5.75 Å². The molecule has 2 aromatic rings. The Bertz CT molecular complexity index is 987. The number of benzene rings is 1. The average molecular weight is 452 g/mol. The lowest BCUT2D eigenvalue weighted by Crippen LogP contribution is -2.50. The Labute approximate surface area is 180 Å². The van der Waals surface area contributed by atoms with Crippen molar-refractivity contribution in [2.24, 2.45) is 0 Å². The molecule has 4 rings (SSSR count). The molecule has 0 saturated carbocycles. The Balaban J connectivity index is 1.37. The molecule has 2 fully saturated rings. The third kappa shape index (κ3) is 4.79. The molecule has 2 aliphatic rings. The number of carbonyl (C=O) groups excluding carboxylic acids is 1. The standard InChI is InChI=1S/C19H25N5O4S2/c1-28-15-6-4-14(5-7-15)24-13-20-22-19(24)29-10-18(25)21-16-11-30(26,27)12-17(16)23-8-2-3-9-23/h4-7,13,16-17H,2-3,8-12H2,1H3,(H,21,25). The van der Waals surface area contributed by atoms with Gasteiger partial charge in [-0.25, -0.2) is 8.42 Å². The molecule has 2 saturated heterocycles. The van der Waals surface area contributed by atoms with Crippen LogP contribution in [0.3, 0.4) is 0 Å². The molecule has 1 N–H and O–H groups in total. The van der Waals surface area contributed by atoms with Gasteiger partial charge in [0.15, 0.2) is 15.0 Å². The van der Waals surface area contributed by atoms with E-state index in [1.165, 1.54) is 11.8 Å². The number of likely N-dealkylation sites (tertiary alicyclic amines) is 1. The summed E-state index contributed by atoms with van der Waals surface area (Å²) in [5.41, 5.74) is 0.861. The lowest BCUT2D eigenvalue weighted by Gasteiger charge is -2.28. The number of nitrogens with one attached hydrogen (secondary N) is 1. The van der Waals surface area contributed by atoms with Gasteiger partial charge in [-0.05, 0) is 50.2 Å². The second kappa shape index (κ2) is 8.94. The van der Waals surface area contributed by atoms with E-state index < -0.39 is 9.84 Å². The van der Waals surface area contributed by atoms with Crippen molar-refractivity contribution >= 4 is 27.5 Å². The van der Waals surface area contributed by atoms with Crippen LogP contribution >= 0.6 is 11.8 Å². The average Bonchev–Trinajstić information content (AvgIpc) is 3.46. The van der Waals surface area contributed by atoms with Crippen LogP contribution in [0.2, 0.25) is 0 Å². The van der Waals surface area contributed by atoms with Gasteiger partial charge in [0.25, 0.3) is 0 Å². The predicted octanol–water partition coefficient (Wildman–Crippen LogP) is 0.746. The van der Waals surface area contributed by atoms with Gasteiger partial charge in [-0.3, -0.25) is 14.3 Å². The molecule has 0 aliphatic carbocycles. The van der Waals surface area contributed by atoms with Crippen molar-refractivity contribution in [3.05, 3.63) is 30.6 Å². The molecular weight excluding hydrogens is 426 g/mol. The molecule has 0 bridgehead atoms. The summed E-state index contributed by atoms with van der Waals surface area (Å²) < 4.78 is 31.3. The zero-order chi connectivity index (χ0) is 21.1. The second-order valence-electron chi connectivity index (χ2n) is 7.53. The van der Waals surface area contributed by atoms with Crippen LogP contribution in [-0.4, -0.2) is 83.5 Å². The van der Waals surface area contributed by atoms with Gasteiger partial charge < -0.3 is 10.1 Å². The zero-order valence-electron chi connectivity index (χ0n) is 16.7. The molecule has 1 aromatic carbocycles. The highest BCUT2D eigenvalue weighted by molar-refractivity contribution is 7.99. The lowest BCUT2D eigenvalue weighted by atomic mass is 10.1. The SMILES string of the molecule is COc1ccc(-n2cnnc2SCC(=O)NC2CS(=O)(=O)CC2N2CCCC2)cc1.